The predicted molar refractivity (Wildman–Crippen MR) is 278 cm³/mol. The van der Waals surface area contributed by atoms with Crippen molar-refractivity contribution in [3.05, 3.63) is 148 Å². The summed E-state index contributed by atoms with van der Waals surface area (Å²) in [5.41, 5.74) is 25.6. The summed E-state index contributed by atoms with van der Waals surface area (Å²) in [6.07, 6.45) is 5.75. The third kappa shape index (κ3) is 5.63. The molecule has 4 heteroatoms. The van der Waals surface area contributed by atoms with Gasteiger partial charge in [0.25, 0.3) is 6.71 Å². The molecule has 0 spiro atoms. The number of rotatable bonds is 2. The Morgan fingerprint density at radius 3 is 1.89 bits per heavy atom. The van der Waals surface area contributed by atoms with Crippen LogP contribution in [-0.2, 0) is 33.5 Å². The Morgan fingerprint density at radius 2 is 1.19 bits per heavy atom. The molecule has 0 saturated heterocycles. The monoisotopic (exact) mass is 854 g/mol. The van der Waals surface area contributed by atoms with Gasteiger partial charge in [-0.1, -0.05) is 131 Å². The molecule has 0 N–H and O–H groups in total. The van der Waals surface area contributed by atoms with E-state index in [-0.39, 0.29) is 33.8 Å². The highest BCUT2D eigenvalue weighted by Crippen LogP contribution is 2.55. The minimum Gasteiger partial charge on any atom is -0.311 e. The largest absolute Gasteiger partial charge is 0.311 e. The molecule has 322 valence electrons. The van der Waals surface area contributed by atoms with Crippen molar-refractivity contribution < 1.29 is 0 Å². The molecule has 5 aliphatic rings. The Kier molecular flexibility index (Phi) is 8.26. The number of aryl methyl sites for hydroxylation is 1. The summed E-state index contributed by atoms with van der Waals surface area (Å²) in [6.45, 7) is 29.3. The van der Waals surface area contributed by atoms with E-state index in [1.165, 1.54) is 141 Å². The summed E-state index contributed by atoms with van der Waals surface area (Å²) in [5, 5.41) is 1.37. The maximum Gasteiger partial charge on any atom is 0.264 e. The number of nitrogens with zero attached hydrogens (tertiary/aromatic N) is 2. The lowest BCUT2D eigenvalue weighted by Crippen LogP contribution is -2.61. The van der Waals surface area contributed by atoms with Crippen LogP contribution in [0, 0.1) is 6.92 Å². The van der Waals surface area contributed by atoms with Gasteiger partial charge < -0.3 is 9.80 Å². The molecule has 7 aromatic rings. The van der Waals surface area contributed by atoms with E-state index in [2.05, 4.69) is 196 Å². The predicted octanol–water partition coefficient (Wildman–Crippen LogP) is 14.9. The molecular formula is C60H63BN2S. The van der Waals surface area contributed by atoms with Crippen LogP contribution >= 0.6 is 11.3 Å². The number of hydrogen-bond donors (Lipinski definition) is 0. The second-order valence-corrected chi connectivity index (χ2v) is 25.0. The summed E-state index contributed by atoms with van der Waals surface area (Å²) in [5.74, 6) is 0. The van der Waals surface area contributed by atoms with Crippen LogP contribution in [0.3, 0.4) is 0 Å². The van der Waals surface area contributed by atoms with Gasteiger partial charge in [0.2, 0.25) is 0 Å². The van der Waals surface area contributed by atoms with Gasteiger partial charge in [-0.15, -0.1) is 11.3 Å². The Morgan fingerprint density at radius 1 is 0.562 bits per heavy atom. The molecule has 3 heterocycles. The minimum absolute atomic E-state index is 0.0190. The number of thiophene rings is 1. The second-order valence-electron chi connectivity index (χ2n) is 24.0. The van der Waals surface area contributed by atoms with Gasteiger partial charge in [-0.3, -0.25) is 0 Å². The molecule has 6 aromatic carbocycles. The van der Waals surface area contributed by atoms with E-state index in [9.17, 15) is 0 Å². The van der Waals surface area contributed by atoms with Crippen LogP contribution in [0.4, 0.5) is 34.1 Å². The average Bonchev–Trinajstić information content (AvgIpc) is 3.82. The van der Waals surface area contributed by atoms with Gasteiger partial charge >= 0.3 is 0 Å². The van der Waals surface area contributed by atoms with E-state index < -0.39 is 0 Å². The van der Waals surface area contributed by atoms with Gasteiger partial charge in [-0.05, 0) is 176 Å². The molecule has 0 radical (unpaired) electrons. The van der Waals surface area contributed by atoms with Crippen LogP contribution in [0.2, 0.25) is 0 Å². The van der Waals surface area contributed by atoms with Crippen molar-refractivity contribution in [2.75, 3.05) is 9.80 Å². The lowest BCUT2D eigenvalue weighted by Gasteiger charge is -2.47. The molecule has 0 saturated carbocycles. The van der Waals surface area contributed by atoms with Crippen LogP contribution < -0.4 is 25.5 Å². The maximum atomic E-state index is 2.73. The van der Waals surface area contributed by atoms with E-state index in [4.69, 9.17) is 0 Å². The van der Waals surface area contributed by atoms with Gasteiger partial charge in [0, 0.05) is 43.2 Å². The number of fused-ring (bicyclic) bond motifs is 11. The highest BCUT2D eigenvalue weighted by atomic mass is 32.1. The first-order chi connectivity index (χ1) is 30.2. The Hall–Kier alpha value is -5.06. The molecule has 64 heavy (non-hydrogen) atoms. The lowest BCUT2D eigenvalue weighted by atomic mass is 9.35. The van der Waals surface area contributed by atoms with Crippen molar-refractivity contribution in [2.45, 2.75) is 142 Å². The van der Waals surface area contributed by atoms with Crippen LogP contribution in [-0.4, -0.2) is 6.71 Å². The minimum atomic E-state index is 0.0190. The van der Waals surface area contributed by atoms with Crippen LogP contribution in [0.25, 0.3) is 21.2 Å². The average molecular weight is 855 g/mol. The van der Waals surface area contributed by atoms with Crippen molar-refractivity contribution in [3.8, 4) is 11.1 Å². The molecule has 3 aliphatic carbocycles. The standard InChI is InChI=1S/C60H63BN2S/c1-35-28-49-53-50(29-35)63(47-19-15-17-37-30-36-16-13-14-18-40(36)52(37)47)54-41-31-38(56(2,3)4)20-23-51(41)64-55(54)61(53)46-33-44-45(60(11,12)27-26-59(44,9)10)34-48(46)62(49)39-21-22-42-43(32-39)58(7,8)25-24-57(42,5)6/h13-23,28-29,31-34H,24-27,30H2,1-12H3. The Labute approximate surface area is 386 Å². The zero-order chi connectivity index (χ0) is 44.6. The van der Waals surface area contributed by atoms with Crippen molar-refractivity contribution >= 4 is 78.0 Å². The zero-order valence-corrected chi connectivity index (χ0v) is 41.0. The van der Waals surface area contributed by atoms with E-state index >= 15 is 0 Å². The topological polar surface area (TPSA) is 6.48 Å². The highest BCUT2D eigenvalue weighted by molar-refractivity contribution is 7.33. The van der Waals surface area contributed by atoms with Gasteiger partial charge in [0.1, 0.15) is 0 Å². The lowest BCUT2D eigenvalue weighted by molar-refractivity contribution is 0.332. The molecule has 0 unspecified atom stereocenters. The van der Waals surface area contributed by atoms with Crippen molar-refractivity contribution in [1.82, 2.24) is 0 Å². The summed E-state index contributed by atoms with van der Waals surface area (Å²) in [4.78, 5) is 5.45. The molecular weight excluding hydrogens is 792 g/mol. The van der Waals surface area contributed by atoms with Crippen LogP contribution in [0.15, 0.2) is 103 Å². The second kappa shape index (κ2) is 13.1. The zero-order valence-electron chi connectivity index (χ0n) is 40.2. The smallest absolute Gasteiger partial charge is 0.264 e. The normalized spacial score (nSPS) is 19.0. The summed E-state index contributed by atoms with van der Waals surface area (Å²) in [7, 11) is 0. The van der Waals surface area contributed by atoms with Crippen molar-refractivity contribution in [3.63, 3.8) is 0 Å². The van der Waals surface area contributed by atoms with E-state index in [1.807, 2.05) is 11.3 Å². The third-order valence-electron chi connectivity index (χ3n) is 16.8. The summed E-state index contributed by atoms with van der Waals surface area (Å²) >= 11 is 2.04. The number of hydrogen-bond acceptors (Lipinski definition) is 3. The maximum absolute atomic E-state index is 2.73. The van der Waals surface area contributed by atoms with E-state index in [1.54, 1.807) is 0 Å². The highest BCUT2D eigenvalue weighted by Gasteiger charge is 2.49. The van der Waals surface area contributed by atoms with Gasteiger partial charge in [-0.2, -0.15) is 0 Å². The SMILES string of the molecule is Cc1cc2c3c(c1)N(c1cccc4c1-c1ccccc1C4)c1c(sc4ccc(C(C)(C)C)cc14)B3c1cc3c(cc1N2c1ccc2c(c1)C(C)(C)CCC2(C)C)C(C)(C)CCC3(C)C. The molecule has 0 atom stereocenters. The first-order valence-corrected chi connectivity index (χ1v) is 24.9. The quantitative estimate of drug-likeness (QED) is 0.160. The molecule has 0 bridgehead atoms. The van der Waals surface area contributed by atoms with Crippen molar-refractivity contribution in [2.24, 2.45) is 0 Å². The van der Waals surface area contributed by atoms with Gasteiger partial charge in [0.05, 0.1) is 11.4 Å². The molecule has 0 amide bonds. The Balaban J connectivity index is 1.22. The molecule has 1 aromatic heterocycles. The van der Waals surface area contributed by atoms with Crippen molar-refractivity contribution in [1.29, 1.82) is 0 Å². The molecule has 2 aliphatic heterocycles. The third-order valence-corrected chi connectivity index (χ3v) is 18.0. The molecule has 12 rings (SSSR count). The summed E-state index contributed by atoms with van der Waals surface area (Å²) < 4.78 is 2.83. The van der Waals surface area contributed by atoms with E-state index in [0.717, 1.165) is 6.42 Å². The van der Waals surface area contributed by atoms with Gasteiger partial charge in [0.15, 0.2) is 0 Å². The Bertz CT molecular complexity index is 3170. The number of anilines is 6. The summed E-state index contributed by atoms with van der Waals surface area (Å²) in [6, 6.07) is 41.6. The fraction of sp³-hybridized carbons (Fsp3) is 0.367. The fourth-order valence-corrected chi connectivity index (χ4v) is 14.0. The first-order valence-electron chi connectivity index (χ1n) is 24.1. The van der Waals surface area contributed by atoms with Crippen LogP contribution in [0.1, 0.15) is 146 Å². The van der Waals surface area contributed by atoms with E-state index in [0.29, 0.717) is 0 Å². The number of benzene rings is 6. The van der Waals surface area contributed by atoms with Crippen LogP contribution in [0.5, 0.6) is 0 Å². The molecule has 2 nitrogen and oxygen atoms in total. The van der Waals surface area contributed by atoms with Gasteiger partial charge in [-0.25, -0.2) is 0 Å². The fourth-order valence-electron chi connectivity index (χ4n) is 12.7. The molecule has 0 fully saturated rings. The first kappa shape index (κ1) is 40.5.